The van der Waals surface area contributed by atoms with Gasteiger partial charge in [-0.25, -0.2) is 0 Å². The lowest BCUT2D eigenvalue weighted by Crippen LogP contribution is -2.68. The van der Waals surface area contributed by atoms with Crippen molar-refractivity contribution in [3.05, 3.63) is 139 Å². The Bertz CT molecular complexity index is 1390. The zero-order valence-electron chi connectivity index (χ0n) is 20.8. The predicted octanol–water partition coefficient (Wildman–Crippen LogP) is 7.10. The number of benzene rings is 5. The minimum atomic E-state index is -3.25. The molecule has 0 bridgehead atoms. The first-order valence-corrected chi connectivity index (χ1v) is 14.4. The first kappa shape index (κ1) is 24.7. The van der Waals surface area contributed by atoms with Gasteiger partial charge in [-0.1, -0.05) is 77.9 Å². The number of hydrogen-bond donors (Lipinski definition) is 1. The highest BCUT2D eigenvalue weighted by Gasteiger charge is 2.47. The largest absolute Gasteiger partial charge is 0.531 e. The van der Waals surface area contributed by atoms with E-state index in [1.165, 1.54) is 11.1 Å². The third-order valence-electron chi connectivity index (χ3n) is 6.03. The molecule has 0 radical (unpaired) electrons. The lowest BCUT2D eigenvalue weighted by atomic mass is 10.2. The van der Waals surface area contributed by atoms with Crippen molar-refractivity contribution in [2.75, 3.05) is 0 Å². The first-order valence-electron chi connectivity index (χ1n) is 12.1. The molecule has 0 aliphatic heterocycles. The quantitative estimate of drug-likeness (QED) is 0.175. The molecule has 0 fully saturated rings. The van der Waals surface area contributed by atoms with Gasteiger partial charge in [-0.3, -0.25) is 0 Å². The summed E-state index contributed by atoms with van der Waals surface area (Å²) in [6, 6.07) is 42.1. The lowest BCUT2D eigenvalue weighted by Gasteiger charge is -2.32. The Morgan fingerprint density at radius 1 is 0.459 bits per heavy atom. The summed E-state index contributed by atoms with van der Waals surface area (Å²) in [7, 11) is -3.25. The molecule has 0 saturated carbocycles. The van der Waals surface area contributed by atoms with Gasteiger partial charge in [0.25, 0.3) is 0 Å². The zero-order valence-corrected chi connectivity index (χ0v) is 22.7. The van der Waals surface area contributed by atoms with Crippen LogP contribution < -0.4 is 24.0 Å². The second kappa shape index (κ2) is 11.0. The lowest BCUT2D eigenvalue weighted by molar-refractivity contribution is 0.417. The van der Waals surface area contributed by atoms with Crippen LogP contribution in [-0.4, -0.2) is 8.56 Å². The Hall–Kier alpha value is -3.93. The molecule has 0 aromatic heterocycles. The Morgan fingerprint density at radius 2 is 0.865 bits per heavy atom. The Kier molecular flexibility index (Phi) is 7.35. The molecule has 3 nitrogen and oxygen atoms in total. The second-order valence-electron chi connectivity index (χ2n) is 8.93. The fourth-order valence-corrected chi connectivity index (χ4v) is 7.19. The van der Waals surface area contributed by atoms with Gasteiger partial charge in [0.1, 0.15) is 23.0 Å². The molecule has 5 aromatic rings. The molecule has 0 heterocycles. The van der Waals surface area contributed by atoms with E-state index in [0.29, 0.717) is 0 Å². The van der Waals surface area contributed by atoms with E-state index in [1.807, 2.05) is 91.0 Å². The molecule has 5 heteroatoms. The molecule has 0 saturated heterocycles. The van der Waals surface area contributed by atoms with E-state index < -0.39 is 8.56 Å². The number of ether oxygens (including phenoxy) is 1. The van der Waals surface area contributed by atoms with Gasteiger partial charge >= 0.3 is 8.56 Å². The van der Waals surface area contributed by atoms with Crippen LogP contribution in [0, 0.1) is 13.8 Å². The van der Waals surface area contributed by atoms with Gasteiger partial charge < -0.3 is 13.6 Å². The summed E-state index contributed by atoms with van der Waals surface area (Å²) in [6.07, 6.45) is 0. The van der Waals surface area contributed by atoms with E-state index in [2.05, 4.69) is 62.9 Å². The topological polar surface area (TPSA) is 27.7 Å². The highest BCUT2D eigenvalue weighted by atomic mass is 32.1. The van der Waals surface area contributed by atoms with Gasteiger partial charge in [-0.2, -0.15) is 0 Å². The third kappa shape index (κ3) is 5.90. The highest BCUT2D eigenvalue weighted by molar-refractivity contribution is 7.80. The Balaban J connectivity index is 1.59. The zero-order chi connectivity index (χ0) is 25.7. The first-order chi connectivity index (χ1) is 18.0. The summed E-state index contributed by atoms with van der Waals surface area (Å²) in [6.45, 7) is 4.13. The van der Waals surface area contributed by atoms with Crippen molar-refractivity contribution >= 4 is 31.6 Å². The molecule has 0 N–H and O–H groups in total. The van der Waals surface area contributed by atoms with Crippen LogP contribution >= 0.6 is 12.6 Å². The van der Waals surface area contributed by atoms with E-state index in [9.17, 15) is 0 Å². The Morgan fingerprint density at radius 3 is 1.35 bits per heavy atom. The van der Waals surface area contributed by atoms with Gasteiger partial charge in [0.05, 0.1) is 0 Å². The summed E-state index contributed by atoms with van der Waals surface area (Å²) < 4.78 is 19.9. The monoisotopic (exact) mass is 520 g/mol. The summed E-state index contributed by atoms with van der Waals surface area (Å²) in [5.74, 6) is 3.02. The number of rotatable bonds is 8. The van der Waals surface area contributed by atoms with E-state index >= 15 is 0 Å². The molecule has 5 aromatic carbocycles. The maximum absolute atomic E-state index is 6.90. The summed E-state index contributed by atoms with van der Waals surface area (Å²) in [5.41, 5.74) is 2.34. The predicted molar refractivity (Wildman–Crippen MR) is 155 cm³/mol. The molecule has 0 aliphatic carbocycles. The van der Waals surface area contributed by atoms with E-state index in [4.69, 9.17) is 13.6 Å². The van der Waals surface area contributed by atoms with Crippen LogP contribution in [0.25, 0.3) is 0 Å². The molecule has 184 valence electrons. The van der Waals surface area contributed by atoms with Crippen molar-refractivity contribution in [1.29, 1.82) is 0 Å². The van der Waals surface area contributed by atoms with E-state index in [-0.39, 0.29) is 0 Å². The van der Waals surface area contributed by atoms with Crippen molar-refractivity contribution in [2.45, 2.75) is 18.7 Å². The second-order valence-corrected chi connectivity index (χ2v) is 12.2. The van der Waals surface area contributed by atoms with Gasteiger partial charge in [-0.15, -0.1) is 12.6 Å². The van der Waals surface area contributed by atoms with Gasteiger partial charge in [0.15, 0.2) is 0 Å². The fourth-order valence-electron chi connectivity index (χ4n) is 4.02. The van der Waals surface area contributed by atoms with Crippen LogP contribution in [0.2, 0.25) is 0 Å². The van der Waals surface area contributed by atoms with Crippen molar-refractivity contribution < 1.29 is 13.6 Å². The number of hydrogen-bond acceptors (Lipinski definition) is 4. The molecule has 0 spiro atoms. The van der Waals surface area contributed by atoms with Crippen molar-refractivity contribution in [3.63, 3.8) is 0 Å². The smallest absolute Gasteiger partial charge is 0.506 e. The summed E-state index contributed by atoms with van der Waals surface area (Å²) in [4.78, 5) is 0.892. The normalized spacial score (nSPS) is 11.1. The molecule has 0 aliphatic rings. The Labute approximate surface area is 225 Å². The van der Waals surface area contributed by atoms with Gasteiger partial charge in [-0.05, 0) is 74.5 Å². The van der Waals surface area contributed by atoms with Gasteiger partial charge in [0, 0.05) is 15.3 Å². The minimum absolute atomic E-state index is 0.734. The minimum Gasteiger partial charge on any atom is -0.506 e. The standard InChI is InChI=1S/C32H28O3SSi/c1-24-8-12-28(13-9-24)34-37(31-6-4-3-5-7-31,35-29-14-10-25(2)11-15-29)32-22-18-27(19-23-32)33-26-16-20-30(36)21-17-26/h3-23,36H,1-2H3. The van der Waals surface area contributed by atoms with E-state index in [1.54, 1.807) is 0 Å². The molecular formula is C32H28O3SSi. The maximum Gasteiger partial charge on any atom is 0.531 e. The van der Waals surface area contributed by atoms with E-state index in [0.717, 1.165) is 38.3 Å². The number of aryl methyl sites for hydroxylation is 2. The van der Waals surface area contributed by atoms with Crippen LogP contribution in [-0.2, 0) is 0 Å². The summed E-state index contributed by atoms with van der Waals surface area (Å²) in [5, 5.41) is 1.98. The van der Waals surface area contributed by atoms with Crippen LogP contribution in [0.15, 0.2) is 132 Å². The van der Waals surface area contributed by atoms with Crippen LogP contribution in [0.4, 0.5) is 0 Å². The maximum atomic E-state index is 6.90. The fraction of sp³-hybridized carbons (Fsp3) is 0.0625. The highest BCUT2D eigenvalue weighted by Crippen LogP contribution is 2.25. The molecule has 37 heavy (non-hydrogen) atoms. The van der Waals surface area contributed by atoms with Crippen LogP contribution in [0.1, 0.15) is 11.1 Å². The molecule has 5 rings (SSSR count). The van der Waals surface area contributed by atoms with Crippen molar-refractivity contribution in [3.8, 4) is 23.0 Å². The van der Waals surface area contributed by atoms with Crippen molar-refractivity contribution in [1.82, 2.24) is 0 Å². The number of thiol groups is 1. The summed E-state index contributed by atoms with van der Waals surface area (Å²) >= 11 is 4.35. The molecular weight excluding hydrogens is 493 g/mol. The SMILES string of the molecule is Cc1ccc(O[Si](Oc2ccc(C)cc2)(c2ccccc2)c2ccc(Oc3ccc(S)cc3)cc2)cc1. The average molecular weight is 521 g/mol. The van der Waals surface area contributed by atoms with Crippen LogP contribution in [0.3, 0.4) is 0 Å². The van der Waals surface area contributed by atoms with Crippen LogP contribution in [0.5, 0.6) is 23.0 Å². The molecule has 0 unspecified atom stereocenters. The molecule has 0 atom stereocenters. The van der Waals surface area contributed by atoms with Gasteiger partial charge in [0.2, 0.25) is 0 Å². The molecule has 0 amide bonds. The third-order valence-corrected chi connectivity index (χ3v) is 9.56. The average Bonchev–Trinajstić information content (AvgIpc) is 2.93. The van der Waals surface area contributed by atoms with Crippen molar-refractivity contribution in [2.24, 2.45) is 0 Å².